The normalized spacial score (nSPS) is 19.8. The van der Waals surface area contributed by atoms with E-state index in [4.69, 9.17) is 9.47 Å². The van der Waals surface area contributed by atoms with Crippen molar-refractivity contribution >= 4 is 5.97 Å². The lowest BCUT2D eigenvalue weighted by atomic mass is 10.2. The number of morpholine rings is 1. The Kier molecular flexibility index (Phi) is 6.02. The third-order valence-electron chi connectivity index (χ3n) is 3.36. The number of hydrogen-bond donors (Lipinski definition) is 0. The summed E-state index contributed by atoms with van der Waals surface area (Å²) in [5.41, 5.74) is 1.30. The highest BCUT2D eigenvalue weighted by atomic mass is 16.6. The second-order valence-corrected chi connectivity index (χ2v) is 5.15. The molecule has 0 aliphatic carbocycles. The summed E-state index contributed by atoms with van der Waals surface area (Å²) < 4.78 is 10.9. The van der Waals surface area contributed by atoms with Gasteiger partial charge in [0.1, 0.15) is 12.7 Å². The molecule has 4 nitrogen and oxygen atoms in total. The molecule has 1 heterocycles. The number of esters is 1. The summed E-state index contributed by atoms with van der Waals surface area (Å²) in [5, 5.41) is 0. The molecule has 0 radical (unpaired) electrons. The summed E-state index contributed by atoms with van der Waals surface area (Å²) in [6.45, 7) is 5.69. The fraction of sp³-hybridized carbons (Fsp3) is 0.562. The van der Waals surface area contributed by atoms with Crippen molar-refractivity contribution in [3.63, 3.8) is 0 Å². The predicted octanol–water partition coefficient (Wildman–Crippen LogP) is 2.23. The first-order valence-electron chi connectivity index (χ1n) is 7.31. The molecule has 110 valence electrons. The summed E-state index contributed by atoms with van der Waals surface area (Å²) in [6.07, 6.45) is 1.30. The molecule has 20 heavy (non-hydrogen) atoms. The van der Waals surface area contributed by atoms with Crippen LogP contribution in [-0.2, 0) is 20.8 Å². The van der Waals surface area contributed by atoms with Crippen molar-refractivity contribution in [1.82, 2.24) is 4.90 Å². The first-order valence-corrected chi connectivity index (χ1v) is 7.31. The van der Waals surface area contributed by atoms with Crippen LogP contribution in [0.25, 0.3) is 0 Å². The number of carbonyl (C=O) groups excluding carboxylic acids is 1. The van der Waals surface area contributed by atoms with Gasteiger partial charge in [0.2, 0.25) is 0 Å². The predicted molar refractivity (Wildman–Crippen MR) is 77.3 cm³/mol. The summed E-state index contributed by atoms with van der Waals surface area (Å²) in [4.78, 5) is 13.7. The molecule has 1 aromatic rings. The van der Waals surface area contributed by atoms with Crippen molar-refractivity contribution in [3.05, 3.63) is 35.9 Å². The van der Waals surface area contributed by atoms with Crippen molar-refractivity contribution in [2.45, 2.75) is 32.4 Å². The van der Waals surface area contributed by atoms with Crippen LogP contribution in [-0.4, -0.2) is 43.3 Å². The Morgan fingerprint density at radius 2 is 2.20 bits per heavy atom. The van der Waals surface area contributed by atoms with E-state index in [1.165, 1.54) is 5.56 Å². The van der Waals surface area contributed by atoms with E-state index in [9.17, 15) is 4.79 Å². The zero-order valence-corrected chi connectivity index (χ0v) is 12.1. The highest BCUT2D eigenvalue weighted by Gasteiger charge is 2.21. The average molecular weight is 277 g/mol. The fourth-order valence-electron chi connectivity index (χ4n) is 2.33. The van der Waals surface area contributed by atoms with Crippen LogP contribution in [0.1, 0.15) is 25.3 Å². The van der Waals surface area contributed by atoms with Gasteiger partial charge in [0.25, 0.3) is 0 Å². The molecule has 0 aromatic heterocycles. The van der Waals surface area contributed by atoms with Gasteiger partial charge in [-0.05, 0) is 12.0 Å². The number of ether oxygens (including phenoxy) is 2. The van der Waals surface area contributed by atoms with Crippen molar-refractivity contribution in [2.75, 3.05) is 26.3 Å². The third kappa shape index (κ3) is 4.94. The van der Waals surface area contributed by atoms with Gasteiger partial charge in [-0.25, -0.2) is 0 Å². The van der Waals surface area contributed by atoms with Crippen LogP contribution < -0.4 is 0 Å². The summed E-state index contributed by atoms with van der Waals surface area (Å²) in [5.74, 6) is -0.128. The smallest absolute Gasteiger partial charge is 0.305 e. The second kappa shape index (κ2) is 8.02. The van der Waals surface area contributed by atoms with E-state index in [1.54, 1.807) is 0 Å². The van der Waals surface area contributed by atoms with Gasteiger partial charge in [0, 0.05) is 26.1 Å². The fourth-order valence-corrected chi connectivity index (χ4v) is 2.33. The van der Waals surface area contributed by atoms with Crippen LogP contribution in [0.3, 0.4) is 0 Å². The number of hydrogen-bond acceptors (Lipinski definition) is 4. The number of rotatable bonds is 6. The minimum absolute atomic E-state index is 0.00623. The third-order valence-corrected chi connectivity index (χ3v) is 3.36. The molecule has 1 fully saturated rings. The summed E-state index contributed by atoms with van der Waals surface area (Å²) >= 11 is 0. The molecule has 2 rings (SSSR count). The first kappa shape index (κ1) is 15.0. The van der Waals surface area contributed by atoms with E-state index in [0.29, 0.717) is 19.6 Å². The standard InChI is InChI=1S/C16H23NO3/c1-2-6-16(18)20-13-15-12-17(9-10-19-15)11-14-7-4-3-5-8-14/h3-5,7-8,15H,2,6,9-13H2,1H3. The van der Waals surface area contributed by atoms with Crippen LogP contribution in [0.2, 0.25) is 0 Å². The van der Waals surface area contributed by atoms with Crippen molar-refractivity contribution in [1.29, 1.82) is 0 Å². The van der Waals surface area contributed by atoms with E-state index in [1.807, 2.05) is 13.0 Å². The van der Waals surface area contributed by atoms with E-state index in [0.717, 1.165) is 26.1 Å². The van der Waals surface area contributed by atoms with E-state index in [2.05, 4.69) is 29.2 Å². The Morgan fingerprint density at radius 3 is 2.95 bits per heavy atom. The highest BCUT2D eigenvalue weighted by molar-refractivity contribution is 5.69. The highest BCUT2D eigenvalue weighted by Crippen LogP contribution is 2.11. The molecule has 0 amide bonds. The molecule has 0 bridgehead atoms. The van der Waals surface area contributed by atoms with Gasteiger partial charge in [-0.3, -0.25) is 9.69 Å². The summed E-state index contributed by atoms with van der Waals surface area (Å²) in [6, 6.07) is 10.4. The molecular formula is C16H23NO3. The maximum atomic E-state index is 11.4. The lowest BCUT2D eigenvalue weighted by molar-refractivity contribution is -0.150. The molecule has 0 saturated carbocycles. The van der Waals surface area contributed by atoms with E-state index >= 15 is 0 Å². The Balaban J connectivity index is 1.75. The van der Waals surface area contributed by atoms with E-state index < -0.39 is 0 Å². The minimum atomic E-state index is -0.128. The van der Waals surface area contributed by atoms with Gasteiger partial charge in [-0.15, -0.1) is 0 Å². The van der Waals surface area contributed by atoms with Crippen LogP contribution in [0.15, 0.2) is 30.3 Å². The molecule has 0 N–H and O–H groups in total. The number of nitrogens with zero attached hydrogens (tertiary/aromatic N) is 1. The second-order valence-electron chi connectivity index (χ2n) is 5.15. The first-order chi connectivity index (χ1) is 9.78. The van der Waals surface area contributed by atoms with Crippen molar-refractivity contribution in [2.24, 2.45) is 0 Å². The van der Waals surface area contributed by atoms with Crippen LogP contribution in [0, 0.1) is 0 Å². The van der Waals surface area contributed by atoms with Gasteiger partial charge in [0.05, 0.1) is 6.61 Å². The van der Waals surface area contributed by atoms with Gasteiger partial charge < -0.3 is 9.47 Å². The molecule has 1 unspecified atom stereocenters. The Labute approximate surface area is 120 Å². The molecule has 1 aromatic carbocycles. The molecule has 1 atom stereocenters. The quantitative estimate of drug-likeness (QED) is 0.747. The SMILES string of the molecule is CCCC(=O)OCC1CN(Cc2ccccc2)CCO1. The Bertz CT molecular complexity index is 407. The Hall–Kier alpha value is -1.39. The molecule has 4 heteroatoms. The summed E-state index contributed by atoms with van der Waals surface area (Å²) in [7, 11) is 0. The maximum absolute atomic E-state index is 11.4. The molecule has 1 aliphatic heterocycles. The molecule has 0 spiro atoms. The minimum Gasteiger partial charge on any atom is -0.463 e. The lowest BCUT2D eigenvalue weighted by Gasteiger charge is -2.32. The largest absolute Gasteiger partial charge is 0.463 e. The monoisotopic (exact) mass is 277 g/mol. The molecule has 1 aliphatic rings. The van der Waals surface area contributed by atoms with E-state index in [-0.39, 0.29) is 12.1 Å². The topological polar surface area (TPSA) is 38.8 Å². The van der Waals surface area contributed by atoms with Gasteiger partial charge in [0.15, 0.2) is 0 Å². The average Bonchev–Trinajstić information content (AvgIpc) is 2.47. The van der Waals surface area contributed by atoms with Crippen molar-refractivity contribution < 1.29 is 14.3 Å². The van der Waals surface area contributed by atoms with Crippen molar-refractivity contribution in [3.8, 4) is 0 Å². The van der Waals surface area contributed by atoms with Crippen LogP contribution in [0.5, 0.6) is 0 Å². The number of carbonyl (C=O) groups is 1. The maximum Gasteiger partial charge on any atom is 0.305 e. The van der Waals surface area contributed by atoms with Crippen LogP contribution in [0.4, 0.5) is 0 Å². The lowest BCUT2D eigenvalue weighted by Crippen LogP contribution is -2.44. The Morgan fingerprint density at radius 1 is 1.40 bits per heavy atom. The zero-order chi connectivity index (χ0) is 14.2. The van der Waals surface area contributed by atoms with Crippen LogP contribution >= 0.6 is 0 Å². The molecule has 1 saturated heterocycles. The molecular weight excluding hydrogens is 254 g/mol. The van der Waals surface area contributed by atoms with Gasteiger partial charge in [-0.1, -0.05) is 37.3 Å². The van der Waals surface area contributed by atoms with Gasteiger partial charge >= 0.3 is 5.97 Å². The van der Waals surface area contributed by atoms with Gasteiger partial charge in [-0.2, -0.15) is 0 Å². The zero-order valence-electron chi connectivity index (χ0n) is 12.1. The number of benzene rings is 1.